The molecular weight excluding hydrogens is 106 g/mol. The van der Waals surface area contributed by atoms with Crippen LogP contribution in [0.2, 0.25) is 0 Å². The average Bonchev–Trinajstić information content (AvgIpc) is 1.21. The maximum atomic E-state index is 10.0. The van der Waals surface area contributed by atoms with Gasteiger partial charge in [-0.2, -0.15) is 0 Å². The first kappa shape index (κ1) is 7.27. The van der Waals surface area contributed by atoms with Gasteiger partial charge in [0.15, 0.2) is 0 Å². The third-order valence-electron chi connectivity index (χ3n) is 0.407. The van der Waals surface area contributed by atoms with E-state index in [1.54, 1.807) is 20.8 Å². The Bertz CT molecular complexity index is 97.6. The summed E-state index contributed by atoms with van der Waals surface area (Å²) in [6.45, 7) is 5.28. The number of nitrogens with two attached hydrogens (primary N) is 1. The van der Waals surface area contributed by atoms with E-state index in [-0.39, 0.29) is 1.43 Å². The summed E-state index contributed by atoms with van der Waals surface area (Å²) in [6.07, 6.45) is -0.725. The Hall–Kier alpha value is -0.730. The van der Waals surface area contributed by atoms with Crippen molar-refractivity contribution in [3.63, 3.8) is 0 Å². The van der Waals surface area contributed by atoms with Gasteiger partial charge in [-0.3, -0.25) is 0 Å². The second-order valence-corrected chi connectivity index (χ2v) is 2.53. The number of carbonyl (C=O) groups excluding carboxylic acids is 1. The average molecular weight is 119 g/mol. The lowest BCUT2D eigenvalue weighted by Gasteiger charge is -2.16. The normalized spacial score (nSPS) is 10.9. The maximum Gasteiger partial charge on any atom is 0.405 e. The molecule has 0 fully saturated rings. The third kappa shape index (κ3) is 5.27. The molecule has 0 atom stereocenters. The van der Waals surface area contributed by atoms with E-state index in [0.29, 0.717) is 0 Å². The SMILES string of the molecule is CC(C)(C)OC(N)=O.[HH]. The minimum absolute atomic E-state index is 0. The zero-order valence-corrected chi connectivity index (χ0v) is 5.39. The van der Waals surface area contributed by atoms with Gasteiger partial charge >= 0.3 is 6.09 Å². The van der Waals surface area contributed by atoms with Gasteiger partial charge in [0, 0.05) is 1.43 Å². The van der Waals surface area contributed by atoms with E-state index in [1.807, 2.05) is 0 Å². The van der Waals surface area contributed by atoms with Crippen LogP contribution in [-0.2, 0) is 4.74 Å². The van der Waals surface area contributed by atoms with E-state index in [2.05, 4.69) is 4.74 Å². The number of carbonyl (C=O) groups is 1. The standard InChI is InChI=1S/C5H11NO2.H2/c1-5(2,3)8-4(6)7;/h1-3H3,(H2,6,7);1H. The Labute approximate surface area is 50.3 Å². The number of rotatable bonds is 0. The van der Waals surface area contributed by atoms with E-state index < -0.39 is 11.7 Å². The number of amides is 1. The van der Waals surface area contributed by atoms with Crippen LogP contribution in [0.1, 0.15) is 22.2 Å². The van der Waals surface area contributed by atoms with Crippen molar-refractivity contribution in [2.75, 3.05) is 0 Å². The summed E-state index contributed by atoms with van der Waals surface area (Å²) in [6, 6.07) is 0. The molecule has 0 radical (unpaired) electrons. The molecule has 3 heteroatoms. The summed E-state index contributed by atoms with van der Waals surface area (Å²) in [5.41, 5.74) is 4.26. The van der Waals surface area contributed by atoms with Gasteiger partial charge in [-0.1, -0.05) is 0 Å². The number of primary amides is 1. The highest BCUT2D eigenvalue weighted by Crippen LogP contribution is 2.04. The number of hydrogen-bond donors (Lipinski definition) is 1. The highest BCUT2D eigenvalue weighted by Gasteiger charge is 2.12. The zero-order chi connectivity index (χ0) is 6.78. The summed E-state index contributed by atoms with van der Waals surface area (Å²) in [5, 5.41) is 0. The van der Waals surface area contributed by atoms with Gasteiger partial charge in [-0.15, -0.1) is 0 Å². The molecule has 0 saturated heterocycles. The van der Waals surface area contributed by atoms with Gasteiger partial charge in [-0.05, 0) is 20.8 Å². The Kier molecular flexibility index (Phi) is 1.84. The van der Waals surface area contributed by atoms with Crippen LogP contribution in [0.3, 0.4) is 0 Å². The molecule has 2 N–H and O–H groups in total. The van der Waals surface area contributed by atoms with Crippen molar-refractivity contribution in [2.45, 2.75) is 26.4 Å². The van der Waals surface area contributed by atoms with Crippen LogP contribution in [0.4, 0.5) is 4.79 Å². The number of ether oxygens (including phenoxy) is 1. The quantitative estimate of drug-likeness (QED) is 0.519. The summed E-state index contributed by atoms with van der Waals surface area (Å²) in [5.74, 6) is 0. The highest BCUT2D eigenvalue weighted by atomic mass is 16.6. The maximum absolute atomic E-state index is 10.0. The monoisotopic (exact) mass is 119 g/mol. The molecule has 1 amide bonds. The molecular formula is C5H13NO2. The minimum Gasteiger partial charge on any atom is -0.444 e. The van der Waals surface area contributed by atoms with Crippen molar-refractivity contribution in [3.8, 4) is 0 Å². The summed E-state index contributed by atoms with van der Waals surface area (Å²) in [7, 11) is 0. The van der Waals surface area contributed by atoms with Gasteiger partial charge in [0.2, 0.25) is 0 Å². The third-order valence-corrected chi connectivity index (χ3v) is 0.407. The predicted octanol–water partition coefficient (Wildman–Crippen LogP) is 1.13. The number of hydrogen-bond acceptors (Lipinski definition) is 2. The van der Waals surface area contributed by atoms with Gasteiger partial charge in [0.1, 0.15) is 5.60 Å². The molecule has 0 aromatic carbocycles. The molecule has 0 aromatic rings. The van der Waals surface area contributed by atoms with E-state index in [9.17, 15) is 4.79 Å². The summed E-state index contributed by atoms with van der Waals surface area (Å²) < 4.78 is 4.58. The molecule has 0 aromatic heterocycles. The molecule has 0 spiro atoms. The molecule has 8 heavy (non-hydrogen) atoms. The van der Waals surface area contributed by atoms with Crippen molar-refractivity contribution in [2.24, 2.45) is 5.73 Å². The first-order chi connectivity index (χ1) is 3.42. The second kappa shape index (κ2) is 2.03. The van der Waals surface area contributed by atoms with Crippen molar-refractivity contribution >= 4 is 6.09 Å². The van der Waals surface area contributed by atoms with Crippen LogP contribution < -0.4 is 5.73 Å². The van der Waals surface area contributed by atoms with Crippen molar-refractivity contribution in [1.82, 2.24) is 0 Å². The lowest BCUT2D eigenvalue weighted by molar-refractivity contribution is 0.0600. The van der Waals surface area contributed by atoms with E-state index >= 15 is 0 Å². The Morgan fingerprint density at radius 3 is 2.00 bits per heavy atom. The van der Waals surface area contributed by atoms with Gasteiger partial charge in [0.05, 0.1) is 0 Å². The predicted molar refractivity (Wildman–Crippen MR) is 32.5 cm³/mol. The van der Waals surface area contributed by atoms with E-state index in [4.69, 9.17) is 5.73 Å². The van der Waals surface area contributed by atoms with Crippen molar-refractivity contribution in [1.29, 1.82) is 0 Å². The topological polar surface area (TPSA) is 52.3 Å². The molecule has 0 aliphatic carbocycles. The van der Waals surface area contributed by atoms with Crippen molar-refractivity contribution in [3.05, 3.63) is 0 Å². The first-order valence-electron chi connectivity index (χ1n) is 2.40. The largest absolute Gasteiger partial charge is 0.444 e. The molecule has 0 aliphatic heterocycles. The Morgan fingerprint density at radius 2 is 2.00 bits per heavy atom. The fourth-order valence-corrected chi connectivity index (χ4v) is 0.302. The van der Waals surface area contributed by atoms with E-state index in [0.717, 1.165) is 0 Å². The second-order valence-electron chi connectivity index (χ2n) is 2.53. The van der Waals surface area contributed by atoms with Crippen LogP contribution in [-0.4, -0.2) is 11.7 Å². The molecule has 0 heterocycles. The summed E-state index contributed by atoms with van der Waals surface area (Å²) in [4.78, 5) is 10.0. The molecule has 0 bridgehead atoms. The first-order valence-corrected chi connectivity index (χ1v) is 2.40. The molecule has 0 rings (SSSR count). The van der Waals surface area contributed by atoms with Crippen LogP contribution in [0.5, 0.6) is 0 Å². The smallest absolute Gasteiger partial charge is 0.405 e. The van der Waals surface area contributed by atoms with E-state index in [1.165, 1.54) is 0 Å². The lowest BCUT2D eigenvalue weighted by Crippen LogP contribution is -2.27. The Morgan fingerprint density at radius 1 is 1.62 bits per heavy atom. The van der Waals surface area contributed by atoms with Crippen LogP contribution in [0.25, 0.3) is 0 Å². The van der Waals surface area contributed by atoms with Crippen LogP contribution in [0, 0.1) is 0 Å². The minimum atomic E-state index is -0.725. The molecule has 0 aliphatic rings. The van der Waals surface area contributed by atoms with Gasteiger partial charge in [0.25, 0.3) is 0 Å². The van der Waals surface area contributed by atoms with Crippen molar-refractivity contribution < 1.29 is 11.0 Å². The Balaban J connectivity index is 0. The van der Waals surface area contributed by atoms with Gasteiger partial charge in [-0.25, -0.2) is 4.79 Å². The lowest BCUT2D eigenvalue weighted by atomic mass is 10.2. The fraction of sp³-hybridized carbons (Fsp3) is 0.800. The fourth-order valence-electron chi connectivity index (χ4n) is 0.302. The van der Waals surface area contributed by atoms with Crippen LogP contribution in [0.15, 0.2) is 0 Å². The zero-order valence-electron chi connectivity index (χ0n) is 5.39. The molecule has 3 nitrogen and oxygen atoms in total. The summed E-state index contributed by atoms with van der Waals surface area (Å²) >= 11 is 0. The van der Waals surface area contributed by atoms with Gasteiger partial charge < -0.3 is 10.5 Å². The molecule has 0 saturated carbocycles. The molecule has 50 valence electrons. The highest BCUT2D eigenvalue weighted by molar-refractivity contribution is 5.65. The molecule has 0 unspecified atom stereocenters. The van der Waals surface area contributed by atoms with Crippen LogP contribution >= 0.6 is 0 Å².